The Morgan fingerprint density at radius 1 is 1.32 bits per heavy atom. The summed E-state index contributed by atoms with van der Waals surface area (Å²) in [6.07, 6.45) is 2.07. The molecule has 1 fully saturated rings. The summed E-state index contributed by atoms with van der Waals surface area (Å²) in [4.78, 5) is 12.0. The molecule has 2 atom stereocenters. The molecule has 0 aromatic rings. The van der Waals surface area contributed by atoms with Crippen molar-refractivity contribution >= 4 is 14.1 Å². The topological polar surface area (TPSA) is 65.0 Å². The number of Topliss-reactive ketones (excluding diaryl/α,β-unsaturated/α-hetero) is 1. The van der Waals surface area contributed by atoms with Gasteiger partial charge in [-0.3, -0.25) is 4.79 Å². The van der Waals surface area contributed by atoms with Crippen LogP contribution in [0.5, 0.6) is 0 Å². The minimum Gasteiger partial charge on any atom is -0.417 e. The van der Waals surface area contributed by atoms with Gasteiger partial charge in [0.15, 0.2) is 14.1 Å². The van der Waals surface area contributed by atoms with Gasteiger partial charge in [0.2, 0.25) is 0 Å². The lowest BCUT2D eigenvalue weighted by Gasteiger charge is -2.36. The van der Waals surface area contributed by atoms with Crippen molar-refractivity contribution < 1.29 is 23.8 Å². The number of hydrogen-bond acceptors (Lipinski definition) is 5. The Bertz CT molecular complexity index is 428. The van der Waals surface area contributed by atoms with Gasteiger partial charge in [-0.1, -0.05) is 20.8 Å². The van der Waals surface area contributed by atoms with Crippen molar-refractivity contribution in [1.82, 2.24) is 0 Å². The first-order valence-corrected chi connectivity index (χ1v) is 12.4. The first-order valence-electron chi connectivity index (χ1n) is 9.48. The SMILES string of the molecule is CC1(C)OCC(CC(O)CC(=O)CCCCO[Si](C)(C)C(C)(C)C)O1. The molecule has 0 aromatic carbocycles. The third kappa shape index (κ3) is 8.30. The molecule has 0 bridgehead atoms. The zero-order valence-corrected chi connectivity index (χ0v) is 18.2. The normalized spacial score (nSPS) is 22.2. The monoisotopic (exact) mass is 374 g/mol. The number of aliphatic hydroxyl groups is 1. The van der Waals surface area contributed by atoms with E-state index in [1.165, 1.54) is 0 Å². The predicted octanol–water partition coefficient (Wildman–Crippen LogP) is 4.04. The number of unbranched alkanes of at least 4 members (excludes halogenated alkanes) is 1. The summed E-state index contributed by atoms with van der Waals surface area (Å²) in [7, 11) is -1.69. The fourth-order valence-corrected chi connectivity index (χ4v) is 3.69. The Balaban J connectivity index is 2.14. The predicted molar refractivity (Wildman–Crippen MR) is 102 cm³/mol. The highest BCUT2D eigenvalue weighted by Crippen LogP contribution is 2.36. The molecule has 6 heteroatoms. The van der Waals surface area contributed by atoms with E-state index in [9.17, 15) is 9.90 Å². The number of carbonyl (C=O) groups excluding carboxylic acids is 1. The molecule has 0 radical (unpaired) electrons. The van der Waals surface area contributed by atoms with E-state index in [1.54, 1.807) is 0 Å². The zero-order valence-electron chi connectivity index (χ0n) is 17.2. The zero-order chi connectivity index (χ0) is 19.3. The number of carbonyl (C=O) groups is 1. The summed E-state index contributed by atoms with van der Waals surface area (Å²) in [5.74, 6) is -0.476. The van der Waals surface area contributed by atoms with Crippen LogP contribution in [-0.4, -0.2) is 50.4 Å². The van der Waals surface area contributed by atoms with Gasteiger partial charge in [-0.2, -0.15) is 0 Å². The van der Waals surface area contributed by atoms with E-state index >= 15 is 0 Å². The van der Waals surface area contributed by atoms with Gasteiger partial charge in [-0.25, -0.2) is 0 Å². The van der Waals surface area contributed by atoms with E-state index in [0.717, 1.165) is 12.8 Å². The van der Waals surface area contributed by atoms with Crippen LogP contribution in [0.25, 0.3) is 0 Å². The van der Waals surface area contributed by atoms with Crippen LogP contribution in [0.3, 0.4) is 0 Å². The molecule has 25 heavy (non-hydrogen) atoms. The van der Waals surface area contributed by atoms with Crippen molar-refractivity contribution in [3.63, 3.8) is 0 Å². The lowest BCUT2D eigenvalue weighted by atomic mass is 10.0. The second-order valence-corrected chi connectivity index (χ2v) is 14.0. The molecule has 148 valence electrons. The van der Waals surface area contributed by atoms with E-state index in [1.807, 2.05) is 13.8 Å². The van der Waals surface area contributed by atoms with Crippen LogP contribution < -0.4 is 0 Å². The molecular weight excluding hydrogens is 336 g/mol. The van der Waals surface area contributed by atoms with Crippen molar-refractivity contribution in [3.8, 4) is 0 Å². The Morgan fingerprint density at radius 3 is 2.48 bits per heavy atom. The van der Waals surface area contributed by atoms with Crippen LogP contribution in [-0.2, 0) is 18.7 Å². The van der Waals surface area contributed by atoms with Gasteiger partial charge in [0.05, 0.1) is 18.8 Å². The lowest BCUT2D eigenvalue weighted by Crippen LogP contribution is -2.40. The van der Waals surface area contributed by atoms with Crippen molar-refractivity contribution in [1.29, 1.82) is 0 Å². The number of hydrogen-bond donors (Lipinski definition) is 1. The first kappa shape index (κ1) is 22.8. The largest absolute Gasteiger partial charge is 0.417 e. The molecule has 0 amide bonds. The van der Waals surface area contributed by atoms with Crippen LogP contribution in [0.1, 0.15) is 66.7 Å². The first-order chi connectivity index (χ1) is 11.3. The fourth-order valence-electron chi connectivity index (χ4n) is 2.60. The molecule has 1 heterocycles. The van der Waals surface area contributed by atoms with E-state index in [-0.39, 0.29) is 23.3 Å². The van der Waals surface area contributed by atoms with Gasteiger partial charge >= 0.3 is 0 Å². The second kappa shape index (κ2) is 9.09. The number of rotatable bonds is 10. The molecule has 0 spiro atoms. The Hall–Kier alpha value is -0.273. The maximum absolute atomic E-state index is 12.0. The van der Waals surface area contributed by atoms with Gasteiger partial charge in [0, 0.05) is 25.9 Å². The molecular formula is C19H38O5Si. The standard InChI is InChI=1S/C19H38O5Si/c1-18(2,3)25(6,7)23-11-9-8-10-15(20)12-16(21)13-17-14-22-19(4,5)24-17/h16-17,21H,8-14H2,1-7H3. The van der Waals surface area contributed by atoms with Crippen LogP contribution >= 0.6 is 0 Å². The molecule has 0 aliphatic carbocycles. The third-order valence-corrected chi connectivity index (χ3v) is 9.72. The van der Waals surface area contributed by atoms with E-state index in [2.05, 4.69) is 33.9 Å². The molecule has 1 aliphatic heterocycles. The van der Waals surface area contributed by atoms with Crippen molar-refractivity contribution in [2.45, 2.75) is 103 Å². The van der Waals surface area contributed by atoms with Gasteiger partial charge in [-0.15, -0.1) is 0 Å². The molecule has 1 N–H and O–H groups in total. The van der Waals surface area contributed by atoms with Crippen molar-refractivity contribution in [2.24, 2.45) is 0 Å². The average Bonchev–Trinajstić information content (AvgIpc) is 2.75. The highest BCUT2D eigenvalue weighted by Gasteiger charge is 2.37. The van der Waals surface area contributed by atoms with Crippen LogP contribution in [0.4, 0.5) is 0 Å². The summed E-state index contributed by atoms with van der Waals surface area (Å²) in [6, 6.07) is 0. The molecule has 5 nitrogen and oxygen atoms in total. The average molecular weight is 375 g/mol. The molecule has 0 saturated carbocycles. The summed E-state index contributed by atoms with van der Waals surface area (Å²) >= 11 is 0. The van der Waals surface area contributed by atoms with Gasteiger partial charge < -0.3 is 19.0 Å². The quantitative estimate of drug-likeness (QED) is 0.462. The van der Waals surface area contributed by atoms with Gasteiger partial charge in [0.25, 0.3) is 0 Å². The summed E-state index contributed by atoms with van der Waals surface area (Å²) < 4.78 is 17.3. The summed E-state index contributed by atoms with van der Waals surface area (Å²) in [5.41, 5.74) is 0. The van der Waals surface area contributed by atoms with Crippen LogP contribution in [0.15, 0.2) is 0 Å². The molecule has 1 aliphatic rings. The Kier molecular flexibility index (Phi) is 8.27. The van der Waals surface area contributed by atoms with Gasteiger partial charge in [0.1, 0.15) is 5.78 Å². The maximum atomic E-state index is 12.0. The second-order valence-electron chi connectivity index (χ2n) is 9.15. The minimum absolute atomic E-state index is 0.109. The van der Waals surface area contributed by atoms with E-state index in [0.29, 0.717) is 26.1 Å². The van der Waals surface area contributed by atoms with E-state index in [4.69, 9.17) is 13.9 Å². The summed E-state index contributed by atoms with van der Waals surface area (Å²) in [6.45, 7) is 16.1. The Morgan fingerprint density at radius 2 is 1.96 bits per heavy atom. The minimum atomic E-state index is -1.69. The fraction of sp³-hybridized carbons (Fsp3) is 0.947. The number of ether oxygens (including phenoxy) is 2. The molecule has 1 saturated heterocycles. The van der Waals surface area contributed by atoms with Crippen molar-refractivity contribution in [2.75, 3.05) is 13.2 Å². The smallest absolute Gasteiger partial charge is 0.191 e. The molecule has 2 unspecified atom stereocenters. The summed E-state index contributed by atoms with van der Waals surface area (Å²) in [5, 5.41) is 10.3. The number of ketones is 1. The maximum Gasteiger partial charge on any atom is 0.191 e. The van der Waals surface area contributed by atoms with Crippen LogP contribution in [0.2, 0.25) is 18.1 Å². The van der Waals surface area contributed by atoms with Crippen LogP contribution in [0, 0.1) is 0 Å². The van der Waals surface area contributed by atoms with Crippen molar-refractivity contribution in [3.05, 3.63) is 0 Å². The number of aliphatic hydroxyl groups excluding tert-OH is 1. The van der Waals surface area contributed by atoms with E-state index < -0.39 is 20.2 Å². The third-order valence-electron chi connectivity index (χ3n) is 5.18. The molecule has 0 aromatic heterocycles. The lowest BCUT2D eigenvalue weighted by molar-refractivity contribution is -0.141. The Labute approximate surface area is 154 Å². The van der Waals surface area contributed by atoms with Gasteiger partial charge in [-0.05, 0) is 44.8 Å². The molecule has 1 rings (SSSR count). The highest BCUT2D eigenvalue weighted by atomic mass is 28.4. The highest BCUT2D eigenvalue weighted by molar-refractivity contribution is 6.74.